The lowest BCUT2D eigenvalue weighted by Crippen LogP contribution is -2.36. The van der Waals surface area contributed by atoms with E-state index in [-0.39, 0.29) is 81.4 Å². The predicted molar refractivity (Wildman–Crippen MR) is 165 cm³/mol. The Balaban J connectivity index is 1.78. The van der Waals surface area contributed by atoms with Gasteiger partial charge in [-0.1, -0.05) is 6.07 Å². The lowest BCUT2D eigenvalue weighted by Gasteiger charge is -2.37. The molecule has 1 aromatic heterocycles. The van der Waals surface area contributed by atoms with Crippen molar-refractivity contribution in [3.05, 3.63) is 65.6 Å². The summed E-state index contributed by atoms with van der Waals surface area (Å²) < 4.78 is 35.5. The average molecular weight is 649 g/mol. The van der Waals surface area contributed by atoms with E-state index in [9.17, 15) is 25.5 Å². The van der Waals surface area contributed by atoms with Crippen LogP contribution in [0.3, 0.4) is 0 Å². The highest BCUT2D eigenvalue weighted by Gasteiger charge is 2.43. The number of furan rings is 1. The molecular weight excluding hydrogens is 604 g/mol. The quantitative estimate of drug-likeness (QED) is 0.0776. The summed E-state index contributed by atoms with van der Waals surface area (Å²) in [5.41, 5.74) is 23.1. The second-order valence-corrected chi connectivity index (χ2v) is 10.9. The number of aliphatic hydroxyl groups excluding tert-OH is 5. The predicted octanol–water partition coefficient (Wildman–Crippen LogP) is -1.30. The van der Waals surface area contributed by atoms with Crippen molar-refractivity contribution in [1.29, 1.82) is 0 Å². The smallest absolute Gasteiger partial charge is 0.161 e. The van der Waals surface area contributed by atoms with Gasteiger partial charge in [0.1, 0.15) is 80.0 Å². The Bertz CT molecular complexity index is 1360. The van der Waals surface area contributed by atoms with E-state index in [1.54, 1.807) is 42.5 Å². The van der Waals surface area contributed by atoms with Crippen molar-refractivity contribution in [2.75, 3.05) is 52.6 Å². The third-order valence-electron chi connectivity index (χ3n) is 7.26. The molecule has 46 heavy (non-hydrogen) atoms. The van der Waals surface area contributed by atoms with Crippen LogP contribution in [-0.2, 0) is 0 Å². The topological polar surface area (TPSA) is 265 Å². The largest absolute Gasteiger partial charge is 0.491 e. The summed E-state index contributed by atoms with van der Waals surface area (Å²) in [5, 5.41) is 51.9. The minimum atomic E-state index is -1.24. The van der Waals surface area contributed by atoms with Gasteiger partial charge in [-0.25, -0.2) is 0 Å². The van der Waals surface area contributed by atoms with E-state index in [1.807, 2.05) is 0 Å². The molecule has 1 aliphatic rings. The third kappa shape index (κ3) is 8.79. The van der Waals surface area contributed by atoms with Crippen molar-refractivity contribution in [2.45, 2.75) is 42.5 Å². The Kier molecular flexibility index (Phi) is 12.8. The first kappa shape index (κ1) is 35.2. The molecule has 15 heteroatoms. The third-order valence-corrected chi connectivity index (χ3v) is 7.26. The first-order valence-corrected chi connectivity index (χ1v) is 14.9. The van der Waals surface area contributed by atoms with Crippen LogP contribution in [0.15, 0.2) is 53.1 Å². The van der Waals surface area contributed by atoms with Crippen molar-refractivity contribution < 1.29 is 53.6 Å². The Hall–Kier alpha value is -3.64. The van der Waals surface area contributed by atoms with E-state index in [1.165, 1.54) is 6.26 Å². The molecule has 0 aliphatic carbocycles. The Morgan fingerprint density at radius 3 is 1.80 bits per heavy atom. The number of nitrogens with two attached hydrogens (primary N) is 4. The molecule has 254 valence electrons. The highest BCUT2D eigenvalue weighted by atomic mass is 16.5. The lowest BCUT2D eigenvalue weighted by molar-refractivity contribution is 0.00219. The van der Waals surface area contributed by atoms with Crippen LogP contribution in [-0.4, -0.2) is 109 Å². The van der Waals surface area contributed by atoms with E-state index in [2.05, 4.69) is 0 Å². The van der Waals surface area contributed by atoms with Crippen molar-refractivity contribution in [1.82, 2.24) is 0 Å². The van der Waals surface area contributed by atoms with Gasteiger partial charge in [0.15, 0.2) is 17.6 Å². The molecule has 0 saturated carbocycles. The summed E-state index contributed by atoms with van der Waals surface area (Å²) in [6.07, 6.45) is -4.51. The van der Waals surface area contributed by atoms with Gasteiger partial charge in [-0.05, 0) is 29.8 Å². The minimum Gasteiger partial charge on any atom is -0.491 e. The number of benzene rings is 2. The van der Waals surface area contributed by atoms with Gasteiger partial charge in [-0.2, -0.15) is 0 Å². The maximum Gasteiger partial charge on any atom is 0.161 e. The zero-order valence-corrected chi connectivity index (χ0v) is 25.3. The second-order valence-electron chi connectivity index (χ2n) is 10.9. The van der Waals surface area contributed by atoms with Gasteiger partial charge in [0, 0.05) is 43.9 Å². The molecule has 3 aromatic rings. The second kappa shape index (κ2) is 16.8. The highest BCUT2D eigenvalue weighted by molar-refractivity contribution is 5.57. The summed E-state index contributed by atoms with van der Waals surface area (Å²) in [7, 11) is 0. The van der Waals surface area contributed by atoms with Gasteiger partial charge in [0.2, 0.25) is 0 Å². The van der Waals surface area contributed by atoms with Gasteiger partial charge in [-0.15, -0.1) is 0 Å². The molecule has 4 rings (SSSR count). The monoisotopic (exact) mass is 648 g/mol. The fraction of sp³-hybridized carbons (Fsp3) is 0.484. The van der Waals surface area contributed by atoms with E-state index in [4.69, 9.17) is 51.0 Å². The summed E-state index contributed by atoms with van der Waals surface area (Å²) in [6.45, 7) is -0.614. The lowest BCUT2D eigenvalue weighted by atomic mass is 9.82. The molecule has 2 aromatic carbocycles. The molecule has 13 N–H and O–H groups in total. The van der Waals surface area contributed by atoms with E-state index < -0.39 is 42.5 Å². The number of ether oxygens (including phenoxy) is 5. The minimum absolute atomic E-state index is 0.0103. The van der Waals surface area contributed by atoms with Gasteiger partial charge in [-0.3, -0.25) is 0 Å². The van der Waals surface area contributed by atoms with Crippen LogP contribution in [0, 0.1) is 0 Å². The number of hydrogen-bond donors (Lipinski definition) is 9. The molecule has 0 amide bonds. The van der Waals surface area contributed by atoms with Crippen molar-refractivity contribution in [2.24, 2.45) is 22.9 Å². The zero-order valence-electron chi connectivity index (χ0n) is 25.3. The van der Waals surface area contributed by atoms with Crippen LogP contribution in [0.2, 0.25) is 0 Å². The molecule has 1 aliphatic heterocycles. The normalized spacial score (nSPS) is 20.2. The van der Waals surface area contributed by atoms with E-state index in [0.717, 1.165) is 0 Å². The Morgan fingerprint density at radius 2 is 1.24 bits per heavy atom. The summed E-state index contributed by atoms with van der Waals surface area (Å²) in [4.78, 5) is 0. The van der Waals surface area contributed by atoms with Crippen molar-refractivity contribution >= 4 is 0 Å². The van der Waals surface area contributed by atoms with Crippen LogP contribution in [0.5, 0.6) is 28.7 Å². The molecule has 2 heterocycles. The van der Waals surface area contributed by atoms with E-state index in [0.29, 0.717) is 16.9 Å². The van der Waals surface area contributed by atoms with Crippen LogP contribution in [0.4, 0.5) is 0 Å². The number of rotatable bonds is 18. The fourth-order valence-electron chi connectivity index (χ4n) is 4.74. The highest BCUT2D eigenvalue weighted by Crippen LogP contribution is 2.51. The molecule has 7 unspecified atom stereocenters. The first-order chi connectivity index (χ1) is 22.2. The number of fused-ring (bicyclic) bond motifs is 1. The first-order valence-electron chi connectivity index (χ1n) is 14.9. The number of aliphatic hydroxyl groups is 5. The molecule has 0 spiro atoms. The van der Waals surface area contributed by atoms with Crippen LogP contribution >= 0.6 is 0 Å². The standard InChI is InChI=1S/C31H44N4O11/c32-9-18(36)13-42-22-7-26(45-16-21(39)12-35)28-27(8-22)46-31(30(40)29(28)24-2-1-5-41-24)17-3-4-23(43-14-19(37)10-33)25(6-17)44-15-20(38)11-34/h1-8,18-21,29-31,36-40H,9-16,32-35H2. The van der Waals surface area contributed by atoms with Crippen LogP contribution in [0.25, 0.3) is 0 Å². The van der Waals surface area contributed by atoms with Gasteiger partial charge in [0.25, 0.3) is 0 Å². The van der Waals surface area contributed by atoms with E-state index >= 15 is 0 Å². The number of hydrogen-bond acceptors (Lipinski definition) is 15. The van der Waals surface area contributed by atoms with Crippen molar-refractivity contribution in [3.8, 4) is 28.7 Å². The molecule has 0 saturated heterocycles. The van der Waals surface area contributed by atoms with Crippen LogP contribution < -0.4 is 46.6 Å². The molecular formula is C31H44N4O11. The molecule has 0 radical (unpaired) electrons. The van der Waals surface area contributed by atoms with Crippen molar-refractivity contribution in [3.63, 3.8) is 0 Å². The fourth-order valence-corrected chi connectivity index (χ4v) is 4.74. The summed E-state index contributed by atoms with van der Waals surface area (Å²) in [6, 6.07) is 11.4. The van der Waals surface area contributed by atoms with Gasteiger partial charge in [0.05, 0.1) is 12.2 Å². The summed E-state index contributed by atoms with van der Waals surface area (Å²) in [5.74, 6) is 0.867. The molecule has 15 nitrogen and oxygen atoms in total. The molecule has 0 bridgehead atoms. The van der Waals surface area contributed by atoms with Crippen LogP contribution in [0.1, 0.15) is 28.9 Å². The average Bonchev–Trinajstić information content (AvgIpc) is 3.61. The molecule has 7 atom stereocenters. The molecule has 0 fully saturated rings. The zero-order chi connectivity index (χ0) is 33.2. The summed E-state index contributed by atoms with van der Waals surface area (Å²) >= 11 is 0. The SMILES string of the molecule is NCC(O)COc1cc(OCC(O)CN)c2c(c1)OC(c1ccc(OCC(O)CN)c(OCC(O)CN)c1)C(O)C2c1ccco1. The Morgan fingerprint density at radius 1 is 0.674 bits per heavy atom. The Labute approximate surface area is 266 Å². The maximum atomic E-state index is 11.9. The maximum absolute atomic E-state index is 11.9. The van der Waals surface area contributed by atoms with Gasteiger partial charge >= 0.3 is 0 Å². The van der Waals surface area contributed by atoms with Gasteiger partial charge < -0.3 is 76.6 Å².